The number of hydrogen-bond donors (Lipinski definition) is 1. The Kier molecular flexibility index (Phi) is 4.87. The van der Waals surface area contributed by atoms with Crippen LogP contribution in [0, 0.1) is 21.4 Å². The molecule has 1 N–H and O–H groups in total. The number of nitro groups is 1. The zero-order chi connectivity index (χ0) is 15.2. The number of thioether (sulfide) groups is 1. The zero-order valence-corrected chi connectivity index (χ0v) is 11.7. The van der Waals surface area contributed by atoms with Crippen LogP contribution in [0.3, 0.4) is 0 Å². The van der Waals surface area contributed by atoms with Gasteiger partial charge in [-0.2, -0.15) is 5.26 Å². The lowest BCUT2D eigenvalue weighted by atomic mass is 10.1. The Labute approximate surface area is 125 Å². The second-order valence-corrected chi connectivity index (χ2v) is 5.21. The van der Waals surface area contributed by atoms with Gasteiger partial charge in [-0.05, 0) is 17.7 Å². The van der Waals surface area contributed by atoms with Crippen LogP contribution in [-0.2, 0) is 0 Å². The minimum atomic E-state index is -0.845. The minimum Gasteiger partial charge on any atom is -0.388 e. The van der Waals surface area contributed by atoms with Crippen molar-refractivity contribution in [1.82, 2.24) is 4.98 Å². The van der Waals surface area contributed by atoms with E-state index in [9.17, 15) is 15.2 Å². The first-order valence-corrected chi connectivity index (χ1v) is 7.00. The van der Waals surface area contributed by atoms with Crippen molar-refractivity contribution >= 4 is 17.4 Å². The van der Waals surface area contributed by atoms with Crippen LogP contribution in [0.15, 0.2) is 47.6 Å². The molecular weight excluding hydrogens is 290 g/mol. The summed E-state index contributed by atoms with van der Waals surface area (Å²) in [5.41, 5.74) is 0.923. The number of nitriles is 1. The molecule has 2 rings (SSSR count). The number of non-ortho nitro benzene ring substituents is 1. The largest absolute Gasteiger partial charge is 0.388 e. The van der Waals surface area contributed by atoms with E-state index < -0.39 is 11.0 Å². The molecule has 7 heteroatoms. The number of nitrogens with zero attached hydrogens (tertiary/aromatic N) is 3. The highest BCUT2D eigenvalue weighted by Gasteiger charge is 2.13. The van der Waals surface area contributed by atoms with Gasteiger partial charge in [0.25, 0.3) is 5.69 Å². The third-order valence-electron chi connectivity index (χ3n) is 2.72. The first-order chi connectivity index (χ1) is 10.1. The molecule has 1 aromatic carbocycles. The third kappa shape index (κ3) is 4.02. The number of aliphatic hydroxyl groups excluding tert-OH is 1. The Hall–Kier alpha value is -2.43. The Morgan fingerprint density at radius 1 is 1.43 bits per heavy atom. The van der Waals surface area contributed by atoms with Gasteiger partial charge in [-0.1, -0.05) is 12.1 Å². The molecule has 0 amide bonds. The summed E-state index contributed by atoms with van der Waals surface area (Å²) in [7, 11) is 0. The van der Waals surface area contributed by atoms with Crippen LogP contribution in [0.5, 0.6) is 0 Å². The molecule has 1 aromatic heterocycles. The van der Waals surface area contributed by atoms with E-state index in [0.29, 0.717) is 21.9 Å². The van der Waals surface area contributed by atoms with Crippen molar-refractivity contribution in [3.8, 4) is 6.07 Å². The molecule has 0 aliphatic rings. The van der Waals surface area contributed by atoms with E-state index in [-0.39, 0.29) is 5.69 Å². The molecule has 0 saturated heterocycles. The summed E-state index contributed by atoms with van der Waals surface area (Å²) in [6.45, 7) is 0. The highest BCUT2D eigenvalue weighted by molar-refractivity contribution is 7.99. The number of nitro benzene ring substituents is 1. The summed E-state index contributed by atoms with van der Waals surface area (Å²) in [6, 6.07) is 11.1. The molecule has 0 aliphatic carbocycles. The molecule has 2 aromatic rings. The number of aromatic nitrogens is 1. The molecule has 1 heterocycles. The molecule has 0 bridgehead atoms. The molecule has 0 spiro atoms. The van der Waals surface area contributed by atoms with Gasteiger partial charge in [0.05, 0.1) is 27.7 Å². The monoisotopic (exact) mass is 301 g/mol. The fourth-order valence-corrected chi connectivity index (χ4v) is 2.53. The third-order valence-corrected chi connectivity index (χ3v) is 3.72. The number of rotatable bonds is 5. The van der Waals surface area contributed by atoms with E-state index in [4.69, 9.17) is 5.26 Å². The van der Waals surface area contributed by atoms with Gasteiger partial charge in [-0.15, -0.1) is 11.8 Å². The van der Waals surface area contributed by atoms with Crippen molar-refractivity contribution in [2.45, 2.75) is 11.1 Å². The van der Waals surface area contributed by atoms with Gasteiger partial charge in [-0.3, -0.25) is 10.1 Å². The average Bonchev–Trinajstić information content (AvgIpc) is 2.53. The summed E-state index contributed by atoms with van der Waals surface area (Å²) >= 11 is 1.29. The number of hydrogen-bond acceptors (Lipinski definition) is 6. The summed E-state index contributed by atoms with van der Waals surface area (Å²) in [5, 5.41) is 30.2. The van der Waals surface area contributed by atoms with Crippen molar-refractivity contribution in [2.24, 2.45) is 0 Å². The summed E-state index contributed by atoms with van der Waals surface area (Å²) in [6.07, 6.45) is 0.683. The lowest BCUT2D eigenvalue weighted by Crippen LogP contribution is -2.01. The lowest BCUT2D eigenvalue weighted by Gasteiger charge is -2.10. The van der Waals surface area contributed by atoms with Crippen molar-refractivity contribution in [3.63, 3.8) is 0 Å². The van der Waals surface area contributed by atoms with Crippen molar-refractivity contribution < 1.29 is 10.0 Å². The number of aliphatic hydroxyl groups is 1. The molecule has 1 unspecified atom stereocenters. The van der Waals surface area contributed by atoms with Crippen LogP contribution in [0.2, 0.25) is 0 Å². The van der Waals surface area contributed by atoms with E-state index in [1.165, 1.54) is 36.2 Å². The summed E-state index contributed by atoms with van der Waals surface area (Å²) in [5.74, 6) is 0.295. The van der Waals surface area contributed by atoms with Crippen LogP contribution in [0.4, 0.5) is 5.69 Å². The predicted molar refractivity (Wildman–Crippen MR) is 77.7 cm³/mol. The van der Waals surface area contributed by atoms with E-state index in [1.54, 1.807) is 18.2 Å². The zero-order valence-electron chi connectivity index (χ0n) is 10.8. The van der Waals surface area contributed by atoms with E-state index in [2.05, 4.69) is 4.98 Å². The van der Waals surface area contributed by atoms with Crippen molar-refractivity contribution in [2.75, 3.05) is 5.75 Å². The van der Waals surface area contributed by atoms with Gasteiger partial charge in [-0.25, -0.2) is 4.98 Å². The molecule has 21 heavy (non-hydrogen) atoms. The molecule has 0 radical (unpaired) electrons. The summed E-state index contributed by atoms with van der Waals surface area (Å²) in [4.78, 5) is 14.3. The Morgan fingerprint density at radius 3 is 2.95 bits per heavy atom. The highest BCUT2D eigenvalue weighted by Crippen LogP contribution is 2.25. The van der Waals surface area contributed by atoms with Gasteiger partial charge >= 0.3 is 0 Å². The quantitative estimate of drug-likeness (QED) is 0.517. The van der Waals surface area contributed by atoms with Gasteiger partial charge < -0.3 is 5.11 Å². The smallest absolute Gasteiger partial charge is 0.269 e. The number of benzene rings is 1. The maximum Gasteiger partial charge on any atom is 0.269 e. The topological polar surface area (TPSA) is 100 Å². The Balaban J connectivity index is 2.04. The van der Waals surface area contributed by atoms with Gasteiger partial charge in [0.2, 0.25) is 0 Å². The van der Waals surface area contributed by atoms with Gasteiger partial charge in [0.1, 0.15) is 0 Å². The first kappa shape index (κ1) is 15.0. The van der Waals surface area contributed by atoms with E-state index >= 15 is 0 Å². The highest BCUT2D eigenvalue weighted by atomic mass is 32.2. The van der Waals surface area contributed by atoms with Crippen LogP contribution in [0.1, 0.15) is 17.2 Å². The summed E-state index contributed by atoms with van der Waals surface area (Å²) < 4.78 is 0. The van der Waals surface area contributed by atoms with Crippen LogP contribution < -0.4 is 0 Å². The first-order valence-electron chi connectivity index (χ1n) is 6.01. The van der Waals surface area contributed by atoms with E-state index in [1.807, 2.05) is 6.07 Å². The molecule has 0 saturated carbocycles. The SMILES string of the molecule is N#Cc1ccnc(SCC(O)c2cccc([N+](=O)[O-])c2)c1. The van der Waals surface area contributed by atoms with Crippen molar-refractivity contribution in [1.29, 1.82) is 5.26 Å². The molecule has 1 atom stereocenters. The average molecular weight is 301 g/mol. The second kappa shape index (κ2) is 6.83. The predicted octanol–water partition coefficient (Wildman–Crippen LogP) is 2.69. The van der Waals surface area contributed by atoms with Crippen LogP contribution in [-0.4, -0.2) is 20.8 Å². The fourth-order valence-electron chi connectivity index (χ4n) is 1.66. The fraction of sp³-hybridized carbons (Fsp3) is 0.143. The number of pyridine rings is 1. The van der Waals surface area contributed by atoms with Crippen molar-refractivity contribution in [3.05, 3.63) is 63.8 Å². The van der Waals surface area contributed by atoms with Gasteiger partial charge in [0.15, 0.2) is 0 Å². The normalized spacial score (nSPS) is 11.6. The molecule has 0 fully saturated rings. The maximum absolute atomic E-state index is 10.7. The van der Waals surface area contributed by atoms with Crippen LogP contribution >= 0.6 is 11.8 Å². The van der Waals surface area contributed by atoms with Gasteiger partial charge in [0, 0.05) is 24.1 Å². The van der Waals surface area contributed by atoms with Crippen LogP contribution in [0.25, 0.3) is 0 Å². The van der Waals surface area contributed by atoms with E-state index in [0.717, 1.165) is 0 Å². The molecule has 106 valence electrons. The maximum atomic E-state index is 10.7. The Morgan fingerprint density at radius 2 is 2.24 bits per heavy atom. The molecule has 0 aliphatic heterocycles. The standard InChI is InChI=1S/C14H11N3O3S/c15-8-10-4-5-16-14(6-10)21-9-13(18)11-2-1-3-12(7-11)17(19)20/h1-7,13,18H,9H2. The lowest BCUT2D eigenvalue weighted by molar-refractivity contribution is -0.385. The molecular formula is C14H11N3O3S. The molecule has 6 nitrogen and oxygen atoms in total. The minimum absolute atomic E-state index is 0.0545. The second-order valence-electron chi connectivity index (χ2n) is 4.17. The Bertz CT molecular complexity index is 700.